The Balaban J connectivity index is 2.00. The number of nitrogens with zero attached hydrogens (tertiary/aromatic N) is 1. The first kappa shape index (κ1) is 14.3. The maximum atomic E-state index is 10.5. The van der Waals surface area contributed by atoms with E-state index >= 15 is 0 Å². The Labute approximate surface area is 122 Å². The van der Waals surface area contributed by atoms with Crippen LogP contribution < -0.4 is 10.4 Å². The van der Waals surface area contributed by atoms with Crippen LogP contribution in [0.15, 0.2) is 17.5 Å². The highest BCUT2D eigenvalue weighted by Gasteiger charge is 2.24. The largest absolute Gasteiger partial charge is 0.548 e. The van der Waals surface area contributed by atoms with Crippen molar-refractivity contribution >= 4 is 34.6 Å². The van der Waals surface area contributed by atoms with Gasteiger partial charge in [-0.2, -0.15) is 0 Å². The van der Waals surface area contributed by atoms with Crippen molar-refractivity contribution in [2.24, 2.45) is 0 Å². The highest BCUT2D eigenvalue weighted by atomic mass is 32.1. The van der Waals surface area contributed by atoms with E-state index in [2.05, 4.69) is 16.3 Å². The summed E-state index contributed by atoms with van der Waals surface area (Å²) in [6.07, 6.45) is 4.68. The van der Waals surface area contributed by atoms with Gasteiger partial charge in [-0.3, -0.25) is 0 Å². The number of rotatable bonds is 5. The van der Waals surface area contributed by atoms with Crippen molar-refractivity contribution in [3.8, 4) is 0 Å². The van der Waals surface area contributed by atoms with Gasteiger partial charge >= 0.3 is 0 Å². The van der Waals surface area contributed by atoms with Crippen LogP contribution in [0.5, 0.6) is 0 Å². The van der Waals surface area contributed by atoms with Crippen molar-refractivity contribution in [2.45, 2.75) is 38.3 Å². The molecule has 0 aromatic carbocycles. The molecule has 0 radical (unpaired) electrons. The highest BCUT2D eigenvalue weighted by molar-refractivity contribution is 7.80. The second kappa shape index (κ2) is 6.86. The second-order valence-electron chi connectivity index (χ2n) is 4.68. The summed E-state index contributed by atoms with van der Waals surface area (Å²) in [6, 6.07) is 4.52. The third-order valence-corrected chi connectivity index (χ3v) is 4.56. The molecule has 0 bridgehead atoms. The lowest BCUT2D eigenvalue weighted by atomic mass is 10.2. The molecule has 1 aliphatic carbocycles. The topological polar surface area (TPSA) is 55.4 Å². The van der Waals surface area contributed by atoms with Crippen LogP contribution in [0.2, 0.25) is 0 Å². The average molecular weight is 297 g/mol. The molecule has 0 saturated heterocycles. The van der Waals surface area contributed by atoms with Gasteiger partial charge in [-0.05, 0) is 36.5 Å². The molecule has 0 amide bonds. The Morgan fingerprint density at radius 2 is 2.26 bits per heavy atom. The van der Waals surface area contributed by atoms with Gasteiger partial charge in [-0.15, -0.1) is 11.3 Å². The average Bonchev–Trinajstić information content (AvgIpc) is 3.05. The minimum absolute atomic E-state index is 0.230. The van der Waals surface area contributed by atoms with Crippen LogP contribution in [-0.4, -0.2) is 28.6 Å². The number of carbonyl (C=O) groups is 1. The summed E-state index contributed by atoms with van der Waals surface area (Å²) < 4.78 is 0. The zero-order chi connectivity index (χ0) is 13.7. The molecule has 1 aromatic rings. The number of hydrogen-bond acceptors (Lipinski definition) is 4. The van der Waals surface area contributed by atoms with Crippen LogP contribution in [-0.2, 0) is 11.3 Å². The van der Waals surface area contributed by atoms with Gasteiger partial charge in [0.25, 0.3) is 0 Å². The van der Waals surface area contributed by atoms with Gasteiger partial charge in [-0.25, -0.2) is 0 Å². The van der Waals surface area contributed by atoms with Crippen LogP contribution in [0, 0.1) is 0 Å². The maximum absolute atomic E-state index is 10.5. The first-order valence-corrected chi connectivity index (χ1v) is 7.72. The van der Waals surface area contributed by atoms with Crippen molar-refractivity contribution in [3.05, 3.63) is 22.4 Å². The number of nitrogens with one attached hydrogen (secondary N) is 1. The van der Waals surface area contributed by atoms with Gasteiger partial charge in [-0.1, -0.05) is 18.9 Å². The predicted octanol–water partition coefficient (Wildman–Crippen LogP) is 1.12. The van der Waals surface area contributed by atoms with Crippen molar-refractivity contribution in [2.75, 3.05) is 6.54 Å². The zero-order valence-electron chi connectivity index (χ0n) is 10.6. The van der Waals surface area contributed by atoms with Crippen LogP contribution in [0.4, 0.5) is 0 Å². The fourth-order valence-corrected chi connectivity index (χ4v) is 3.39. The quantitative estimate of drug-likeness (QED) is 0.825. The number of aliphatic carboxylic acids is 1. The predicted molar refractivity (Wildman–Crippen MR) is 77.7 cm³/mol. The highest BCUT2D eigenvalue weighted by Crippen LogP contribution is 2.26. The molecule has 104 valence electrons. The van der Waals surface area contributed by atoms with Crippen LogP contribution in [0.1, 0.15) is 30.6 Å². The van der Waals surface area contributed by atoms with Gasteiger partial charge in [0, 0.05) is 10.9 Å². The van der Waals surface area contributed by atoms with Crippen LogP contribution in [0.3, 0.4) is 0 Å². The third kappa shape index (κ3) is 4.18. The number of carboxylic acid groups (broad SMARTS) is 1. The van der Waals surface area contributed by atoms with Gasteiger partial charge in [0.15, 0.2) is 5.11 Å². The fraction of sp³-hybridized carbons (Fsp3) is 0.538. The van der Waals surface area contributed by atoms with Gasteiger partial charge < -0.3 is 20.1 Å². The van der Waals surface area contributed by atoms with E-state index in [0.717, 1.165) is 19.4 Å². The molecule has 1 N–H and O–H groups in total. The minimum atomic E-state index is -1.13. The van der Waals surface area contributed by atoms with Crippen LogP contribution >= 0.6 is 23.6 Å². The smallest absolute Gasteiger partial charge is 0.169 e. The summed E-state index contributed by atoms with van der Waals surface area (Å²) in [5, 5.41) is 15.8. The number of thiophene rings is 1. The molecule has 19 heavy (non-hydrogen) atoms. The van der Waals surface area contributed by atoms with Crippen molar-refractivity contribution in [1.29, 1.82) is 0 Å². The van der Waals surface area contributed by atoms with Crippen molar-refractivity contribution in [1.82, 2.24) is 10.2 Å². The van der Waals surface area contributed by atoms with E-state index in [1.807, 2.05) is 11.4 Å². The number of carboxylic acids is 1. The van der Waals surface area contributed by atoms with Gasteiger partial charge in [0.1, 0.15) is 0 Å². The van der Waals surface area contributed by atoms with Crippen molar-refractivity contribution < 1.29 is 9.90 Å². The lowest BCUT2D eigenvalue weighted by molar-refractivity contribution is -0.303. The van der Waals surface area contributed by atoms with Gasteiger partial charge in [0.05, 0.1) is 19.1 Å². The maximum Gasteiger partial charge on any atom is 0.169 e. The summed E-state index contributed by atoms with van der Waals surface area (Å²) in [5.41, 5.74) is 0. The Kier molecular flexibility index (Phi) is 5.15. The summed E-state index contributed by atoms with van der Waals surface area (Å²) in [4.78, 5) is 13.9. The van der Waals surface area contributed by atoms with E-state index < -0.39 is 5.97 Å². The Morgan fingerprint density at radius 1 is 1.53 bits per heavy atom. The van der Waals surface area contributed by atoms with Crippen LogP contribution in [0.25, 0.3) is 0 Å². The Bertz CT molecular complexity index is 428. The molecule has 1 fully saturated rings. The first-order valence-electron chi connectivity index (χ1n) is 6.43. The Hall–Kier alpha value is -1.14. The van der Waals surface area contributed by atoms with E-state index in [1.54, 1.807) is 11.3 Å². The molecule has 4 nitrogen and oxygen atoms in total. The van der Waals surface area contributed by atoms with E-state index in [-0.39, 0.29) is 6.54 Å². The molecule has 1 aliphatic rings. The van der Waals surface area contributed by atoms with E-state index in [9.17, 15) is 9.90 Å². The van der Waals surface area contributed by atoms with Gasteiger partial charge in [0.2, 0.25) is 0 Å². The molecule has 0 atom stereocenters. The molecule has 2 rings (SSSR count). The normalized spacial score (nSPS) is 15.4. The molecule has 0 aliphatic heterocycles. The number of hydrogen-bond donors (Lipinski definition) is 1. The summed E-state index contributed by atoms with van der Waals surface area (Å²) in [6.45, 7) is 0.522. The van der Waals surface area contributed by atoms with E-state index in [1.165, 1.54) is 17.7 Å². The summed E-state index contributed by atoms with van der Waals surface area (Å²) in [7, 11) is 0. The molecule has 6 heteroatoms. The number of carbonyl (C=O) groups excluding carboxylic acids is 1. The first-order chi connectivity index (χ1) is 9.16. The summed E-state index contributed by atoms with van der Waals surface area (Å²) in [5.74, 6) is -1.13. The minimum Gasteiger partial charge on any atom is -0.548 e. The zero-order valence-corrected chi connectivity index (χ0v) is 12.3. The Morgan fingerprint density at radius 3 is 2.84 bits per heavy atom. The molecular formula is C13H17N2O2S2-. The lowest BCUT2D eigenvalue weighted by Crippen LogP contribution is -2.47. The number of thiocarbonyl (C=S) groups is 1. The fourth-order valence-electron chi connectivity index (χ4n) is 2.40. The monoisotopic (exact) mass is 297 g/mol. The molecule has 0 unspecified atom stereocenters. The standard InChI is InChI=1S/C13H18N2O2S2/c16-12(17)8-14-13(18)15(10-4-1-2-5-10)9-11-6-3-7-19-11/h3,6-7,10H,1-2,4-5,8-9H2,(H,14,18)(H,16,17)/p-1. The van der Waals surface area contributed by atoms with Crippen molar-refractivity contribution in [3.63, 3.8) is 0 Å². The van der Waals surface area contributed by atoms with E-state index in [0.29, 0.717) is 11.2 Å². The third-order valence-electron chi connectivity index (χ3n) is 3.32. The summed E-state index contributed by atoms with van der Waals surface area (Å²) >= 11 is 7.03. The van der Waals surface area contributed by atoms with E-state index in [4.69, 9.17) is 12.2 Å². The molecular weight excluding hydrogens is 280 g/mol. The molecule has 1 heterocycles. The lowest BCUT2D eigenvalue weighted by Gasteiger charge is -2.31. The molecule has 1 aromatic heterocycles. The molecule has 0 spiro atoms. The SMILES string of the molecule is O=C([O-])CNC(=S)N(Cc1cccs1)C1CCCC1. The second-order valence-corrected chi connectivity index (χ2v) is 6.10. The molecule has 1 saturated carbocycles.